The molecule has 2 heteroatoms. The van der Waals surface area contributed by atoms with Crippen LogP contribution in [0.5, 0.6) is 0 Å². The van der Waals surface area contributed by atoms with Gasteiger partial charge in [0.1, 0.15) is 0 Å². The average molecular weight is 157 g/mol. The number of nitrogens with zero attached hydrogens (tertiary/aromatic N) is 1. The molecule has 0 spiro atoms. The van der Waals surface area contributed by atoms with E-state index in [0.717, 1.165) is 25.9 Å². The first-order valence-electron chi connectivity index (χ1n) is 4.57. The van der Waals surface area contributed by atoms with Crippen molar-refractivity contribution < 1.29 is 5.11 Å². The lowest BCUT2D eigenvalue weighted by atomic mass is 9.80. The molecule has 0 bridgehead atoms. The van der Waals surface area contributed by atoms with Crippen molar-refractivity contribution in [1.29, 1.82) is 0 Å². The number of hydrogen-bond donors (Lipinski definition) is 1. The first-order chi connectivity index (χ1) is 5.16. The van der Waals surface area contributed by atoms with E-state index < -0.39 is 0 Å². The van der Waals surface area contributed by atoms with Crippen molar-refractivity contribution in [2.45, 2.75) is 38.2 Å². The summed E-state index contributed by atoms with van der Waals surface area (Å²) < 4.78 is 0. The van der Waals surface area contributed by atoms with Crippen LogP contribution in [0.15, 0.2) is 0 Å². The smallest absolute Gasteiger partial charge is 0.0774 e. The monoisotopic (exact) mass is 157 g/mol. The second-order valence-electron chi connectivity index (χ2n) is 3.82. The average Bonchev–Trinajstić information content (AvgIpc) is 1.85. The van der Waals surface area contributed by atoms with Crippen LogP contribution in [0.2, 0.25) is 0 Å². The van der Waals surface area contributed by atoms with Crippen LogP contribution in [0.3, 0.4) is 0 Å². The Morgan fingerprint density at radius 1 is 1.45 bits per heavy atom. The summed E-state index contributed by atoms with van der Waals surface area (Å²) in [5, 5.41) is 9.77. The van der Waals surface area contributed by atoms with Gasteiger partial charge in [-0.15, -0.1) is 0 Å². The van der Waals surface area contributed by atoms with Gasteiger partial charge in [-0.05, 0) is 39.3 Å². The molecule has 0 aromatic heterocycles. The molecule has 1 N–H and O–H groups in total. The fraction of sp³-hybridized carbons (Fsp3) is 1.00. The van der Waals surface area contributed by atoms with Crippen LogP contribution in [-0.2, 0) is 0 Å². The molecule has 0 aromatic carbocycles. The first kappa shape index (κ1) is 9.01. The van der Waals surface area contributed by atoms with Crippen molar-refractivity contribution in [3.8, 4) is 0 Å². The number of likely N-dealkylation sites (N-methyl/N-ethyl adjacent to an activating group) is 1. The van der Waals surface area contributed by atoms with E-state index in [1.54, 1.807) is 0 Å². The largest absolute Gasteiger partial charge is 0.389 e. The van der Waals surface area contributed by atoms with E-state index in [4.69, 9.17) is 0 Å². The molecule has 0 heterocycles. The molecule has 0 saturated heterocycles. The molecule has 1 aliphatic rings. The maximum Gasteiger partial charge on any atom is 0.0774 e. The standard InChI is InChI=1S/C9H19NO/c1-3-7-10(2)8-9(11)5-4-6-9/h11H,3-8H2,1-2H3. The van der Waals surface area contributed by atoms with Crippen molar-refractivity contribution in [2.75, 3.05) is 20.1 Å². The number of rotatable bonds is 4. The molecule has 0 atom stereocenters. The molecule has 0 radical (unpaired) electrons. The van der Waals surface area contributed by atoms with E-state index in [-0.39, 0.29) is 5.60 Å². The van der Waals surface area contributed by atoms with Crippen molar-refractivity contribution in [3.05, 3.63) is 0 Å². The first-order valence-corrected chi connectivity index (χ1v) is 4.57. The molecule has 2 nitrogen and oxygen atoms in total. The van der Waals surface area contributed by atoms with E-state index in [1.165, 1.54) is 12.8 Å². The van der Waals surface area contributed by atoms with Crippen LogP contribution in [-0.4, -0.2) is 35.7 Å². The summed E-state index contributed by atoms with van der Waals surface area (Å²) in [6, 6.07) is 0. The normalized spacial score (nSPS) is 21.8. The molecule has 1 aliphatic carbocycles. The molecule has 11 heavy (non-hydrogen) atoms. The second kappa shape index (κ2) is 3.55. The van der Waals surface area contributed by atoms with Gasteiger partial charge < -0.3 is 10.0 Å². The molecule has 0 unspecified atom stereocenters. The van der Waals surface area contributed by atoms with Gasteiger partial charge >= 0.3 is 0 Å². The van der Waals surface area contributed by atoms with E-state index >= 15 is 0 Å². The van der Waals surface area contributed by atoms with E-state index in [9.17, 15) is 5.11 Å². The van der Waals surface area contributed by atoms with Crippen molar-refractivity contribution >= 4 is 0 Å². The molecule has 1 rings (SSSR count). The van der Waals surface area contributed by atoms with E-state index in [1.807, 2.05) is 0 Å². The zero-order valence-electron chi connectivity index (χ0n) is 7.64. The number of aliphatic hydroxyl groups is 1. The maximum atomic E-state index is 9.77. The van der Waals surface area contributed by atoms with Gasteiger partial charge in [-0.25, -0.2) is 0 Å². The SMILES string of the molecule is CCCN(C)CC1(O)CCC1. The van der Waals surface area contributed by atoms with Gasteiger partial charge in [0.25, 0.3) is 0 Å². The van der Waals surface area contributed by atoms with Gasteiger partial charge in [-0.3, -0.25) is 0 Å². The lowest BCUT2D eigenvalue weighted by Gasteiger charge is -2.39. The Morgan fingerprint density at radius 3 is 2.45 bits per heavy atom. The van der Waals surface area contributed by atoms with Gasteiger partial charge in [0.2, 0.25) is 0 Å². The molecular weight excluding hydrogens is 138 g/mol. The third-order valence-electron chi connectivity index (χ3n) is 2.45. The van der Waals surface area contributed by atoms with E-state index in [2.05, 4.69) is 18.9 Å². The topological polar surface area (TPSA) is 23.5 Å². The van der Waals surface area contributed by atoms with Crippen molar-refractivity contribution in [2.24, 2.45) is 0 Å². The Balaban J connectivity index is 2.18. The van der Waals surface area contributed by atoms with Crippen LogP contribution in [0.4, 0.5) is 0 Å². The highest BCUT2D eigenvalue weighted by Crippen LogP contribution is 2.31. The third-order valence-corrected chi connectivity index (χ3v) is 2.45. The quantitative estimate of drug-likeness (QED) is 0.663. The predicted molar refractivity (Wildman–Crippen MR) is 46.6 cm³/mol. The van der Waals surface area contributed by atoms with Crippen molar-refractivity contribution in [3.63, 3.8) is 0 Å². The van der Waals surface area contributed by atoms with Gasteiger partial charge in [0.05, 0.1) is 5.60 Å². The fourth-order valence-corrected chi connectivity index (χ4v) is 1.71. The maximum absolute atomic E-state index is 9.77. The molecule has 66 valence electrons. The molecule has 1 fully saturated rings. The fourth-order valence-electron chi connectivity index (χ4n) is 1.71. The minimum absolute atomic E-state index is 0.329. The van der Waals surface area contributed by atoms with Gasteiger partial charge in [-0.1, -0.05) is 6.92 Å². The Morgan fingerprint density at radius 2 is 2.09 bits per heavy atom. The second-order valence-corrected chi connectivity index (χ2v) is 3.82. The predicted octanol–water partition coefficient (Wildman–Crippen LogP) is 1.24. The zero-order valence-corrected chi connectivity index (χ0v) is 7.64. The summed E-state index contributed by atoms with van der Waals surface area (Å²) in [7, 11) is 2.08. The Kier molecular flexibility index (Phi) is 2.90. The van der Waals surface area contributed by atoms with Gasteiger partial charge in [0.15, 0.2) is 0 Å². The molecule has 0 amide bonds. The molecule has 0 aliphatic heterocycles. The van der Waals surface area contributed by atoms with Crippen LogP contribution < -0.4 is 0 Å². The lowest BCUT2D eigenvalue weighted by molar-refractivity contribution is -0.0541. The van der Waals surface area contributed by atoms with Crippen molar-refractivity contribution in [1.82, 2.24) is 4.90 Å². The van der Waals surface area contributed by atoms with Crippen LogP contribution >= 0.6 is 0 Å². The van der Waals surface area contributed by atoms with Gasteiger partial charge in [0, 0.05) is 6.54 Å². The summed E-state index contributed by atoms with van der Waals surface area (Å²) in [4.78, 5) is 2.22. The minimum atomic E-state index is -0.329. The molecule has 1 saturated carbocycles. The molecule has 0 aromatic rings. The lowest BCUT2D eigenvalue weighted by Crippen LogP contribution is -2.46. The third kappa shape index (κ3) is 2.46. The Bertz CT molecular complexity index is 121. The Hall–Kier alpha value is -0.0800. The zero-order chi connectivity index (χ0) is 8.32. The molecular formula is C9H19NO. The summed E-state index contributed by atoms with van der Waals surface area (Å²) >= 11 is 0. The minimum Gasteiger partial charge on any atom is -0.389 e. The highest BCUT2D eigenvalue weighted by Gasteiger charge is 2.34. The summed E-state index contributed by atoms with van der Waals surface area (Å²) in [5.41, 5.74) is -0.329. The number of hydrogen-bond acceptors (Lipinski definition) is 2. The Labute approximate surface area is 69.2 Å². The highest BCUT2D eigenvalue weighted by molar-refractivity contribution is 4.89. The van der Waals surface area contributed by atoms with Gasteiger partial charge in [-0.2, -0.15) is 0 Å². The summed E-state index contributed by atoms with van der Waals surface area (Å²) in [6.07, 6.45) is 4.38. The summed E-state index contributed by atoms with van der Waals surface area (Å²) in [6.45, 7) is 4.13. The summed E-state index contributed by atoms with van der Waals surface area (Å²) in [5.74, 6) is 0. The van der Waals surface area contributed by atoms with E-state index in [0.29, 0.717) is 0 Å². The highest BCUT2D eigenvalue weighted by atomic mass is 16.3. The van der Waals surface area contributed by atoms with Crippen LogP contribution in [0.1, 0.15) is 32.6 Å². The van der Waals surface area contributed by atoms with Crippen LogP contribution in [0.25, 0.3) is 0 Å². The van der Waals surface area contributed by atoms with Crippen LogP contribution in [0, 0.1) is 0 Å².